The Bertz CT molecular complexity index is 1190. The number of furan rings is 1. The van der Waals surface area contributed by atoms with Crippen LogP contribution in [0.1, 0.15) is 87.0 Å². The number of carbonyl (C=O) groups excluding carboxylic acids is 3. The Kier molecular flexibility index (Phi) is 11.6. The van der Waals surface area contributed by atoms with Crippen LogP contribution < -0.4 is 16.0 Å². The second kappa shape index (κ2) is 15.4. The standard InChI is InChI=1S/C29H40N6O4/c1-4-7-10-21-11-13-22(14-12-21)31-29(38)34-27-26(30-20-36)32-25(33-27)19-23-15-16-24(39-23)28(37)35(17-8-5-2)18-9-6-3/h11-16,20H,4-10,17-19H2,1-3H3,(H,30,36)(H,32,33)(H2,31,34,38). The van der Waals surface area contributed by atoms with Crippen molar-refractivity contribution in [3.05, 3.63) is 59.3 Å². The van der Waals surface area contributed by atoms with E-state index >= 15 is 0 Å². The minimum Gasteiger partial charge on any atom is -0.455 e. The van der Waals surface area contributed by atoms with Gasteiger partial charge in [-0.15, -0.1) is 0 Å². The van der Waals surface area contributed by atoms with Crippen molar-refractivity contribution >= 4 is 35.7 Å². The van der Waals surface area contributed by atoms with Gasteiger partial charge in [0.1, 0.15) is 11.6 Å². The SMILES string of the molecule is CCCCc1ccc(NC(=O)Nc2[nH]c(Cc3ccc(C(=O)N(CCCC)CCCC)o3)nc2NC=O)cc1. The smallest absolute Gasteiger partial charge is 0.324 e. The molecule has 2 heterocycles. The summed E-state index contributed by atoms with van der Waals surface area (Å²) < 4.78 is 5.85. The molecule has 0 unspecified atom stereocenters. The predicted molar refractivity (Wildman–Crippen MR) is 153 cm³/mol. The lowest BCUT2D eigenvalue weighted by molar-refractivity contribution is -0.105. The van der Waals surface area contributed by atoms with Gasteiger partial charge in [0.15, 0.2) is 17.4 Å². The molecule has 3 aromatic rings. The minimum atomic E-state index is -0.481. The van der Waals surface area contributed by atoms with Gasteiger partial charge in [-0.05, 0) is 55.5 Å². The third-order valence-electron chi connectivity index (χ3n) is 6.28. The molecule has 0 aliphatic heterocycles. The van der Waals surface area contributed by atoms with Crippen LogP contribution in [0.2, 0.25) is 0 Å². The molecule has 0 fully saturated rings. The summed E-state index contributed by atoms with van der Waals surface area (Å²) >= 11 is 0. The second-order valence-electron chi connectivity index (χ2n) is 9.49. The van der Waals surface area contributed by atoms with Gasteiger partial charge in [0.05, 0.1) is 6.42 Å². The van der Waals surface area contributed by atoms with Crippen LogP contribution in [0.5, 0.6) is 0 Å². The number of aromatic nitrogens is 2. The van der Waals surface area contributed by atoms with Crippen LogP contribution in [0, 0.1) is 0 Å². The van der Waals surface area contributed by atoms with Gasteiger partial charge in [-0.1, -0.05) is 52.2 Å². The number of rotatable bonds is 16. The van der Waals surface area contributed by atoms with Crippen LogP contribution >= 0.6 is 0 Å². The molecule has 1 aromatic carbocycles. The zero-order chi connectivity index (χ0) is 28.0. The lowest BCUT2D eigenvalue weighted by Crippen LogP contribution is -2.32. The van der Waals surface area contributed by atoms with Crippen molar-refractivity contribution in [3.63, 3.8) is 0 Å². The van der Waals surface area contributed by atoms with Gasteiger partial charge in [-0.25, -0.2) is 9.78 Å². The van der Waals surface area contributed by atoms with Crippen molar-refractivity contribution < 1.29 is 18.8 Å². The van der Waals surface area contributed by atoms with E-state index in [2.05, 4.69) is 46.7 Å². The number of imidazole rings is 1. The fourth-order valence-corrected chi connectivity index (χ4v) is 4.09. The topological polar surface area (TPSA) is 132 Å². The second-order valence-corrected chi connectivity index (χ2v) is 9.49. The number of H-pyrrole nitrogens is 1. The first-order valence-corrected chi connectivity index (χ1v) is 13.8. The highest BCUT2D eigenvalue weighted by atomic mass is 16.4. The summed E-state index contributed by atoms with van der Waals surface area (Å²) in [5.74, 6) is 1.57. The number of nitrogens with one attached hydrogen (secondary N) is 4. The van der Waals surface area contributed by atoms with Crippen molar-refractivity contribution in [3.8, 4) is 0 Å². The summed E-state index contributed by atoms with van der Waals surface area (Å²) in [7, 11) is 0. The number of aromatic amines is 1. The third-order valence-corrected chi connectivity index (χ3v) is 6.28. The van der Waals surface area contributed by atoms with E-state index in [1.807, 2.05) is 29.2 Å². The average molecular weight is 537 g/mol. The van der Waals surface area contributed by atoms with E-state index in [-0.39, 0.29) is 29.7 Å². The summed E-state index contributed by atoms with van der Waals surface area (Å²) in [6.07, 6.45) is 7.88. The van der Waals surface area contributed by atoms with Crippen LogP contribution in [0.4, 0.5) is 22.1 Å². The van der Waals surface area contributed by atoms with Crippen LogP contribution in [0.15, 0.2) is 40.8 Å². The molecule has 210 valence electrons. The maximum atomic E-state index is 13.0. The number of anilines is 3. The molecule has 3 rings (SSSR count). The van der Waals surface area contributed by atoms with Crippen molar-refractivity contribution in [1.29, 1.82) is 0 Å². The number of nitrogens with zero attached hydrogens (tertiary/aromatic N) is 2. The molecule has 0 aliphatic rings. The number of amides is 4. The first-order valence-electron chi connectivity index (χ1n) is 13.8. The van der Waals surface area contributed by atoms with Crippen molar-refractivity contribution in [2.24, 2.45) is 0 Å². The Morgan fingerprint density at radius 1 is 0.949 bits per heavy atom. The van der Waals surface area contributed by atoms with Crippen LogP contribution in [-0.4, -0.2) is 46.3 Å². The van der Waals surface area contributed by atoms with E-state index in [1.165, 1.54) is 5.56 Å². The zero-order valence-electron chi connectivity index (χ0n) is 23.1. The monoisotopic (exact) mass is 536 g/mol. The molecular weight excluding hydrogens is 496 g/mol. The third kappa shape index (κ3) is 9.01. The normalized spacial score (nSPS) is 10.7. The predicted octanol–water partition coefficient (Wildman–Crippen LogP) is 6.19. The molecule has 0 atom stereocenters. The fraction of sp³-hybridized carbons (Fsp3) is 0.448. The molecule has 0 radical (unpaired) electrons. The lowest BCUT2D eigenvalue weighted by atomic mass is 10.1. The molecule has 10 heteroatoms. The van der Waals surface area contributed by atoms with Gasteiger partial charge in [0, 0.05) is 18.8 Å². The molecule has 0 aliphatic carbocycles. The largest absolute Gasteiger partial charge is 0.455 e. The van der Waals surface area contributed by atoms with E-state index in [1.54, 1.807) is 12.1 Å². The number of carbonyl (C=O) groups is 3. The zero-order valence-corrected chi connectivity index (χ0v) is 23.1. The Hall–Kier alpha value is -4.08. The van der Waals surface area contributed by atoms with Crippen molar-refractivity contribution in [2.45, 2.75) is 72.1 Å². The molecule has 4 amide bonds. The highest BCUT2D eigenvalue weighted by molar-refractivity contribution is 6.01. The number of unbranched alkanes of at least 4 members (excludes halogenated alkanes) is 3. The Morgan fingerprint density at radius 2 is 1.64 bits per heavy atom. The first-order chi connectivity index (χ1) is 19.0. The summed E-state index contributed by atoms with van der Waals surface area (Å²) in [5, 5.41) is 7.98. The maximum Gasteiger partial charge on any atom is 0.324 e. The summed E-state index contributed by atoms with van der Waals surface area (Å²) in [6, 6.07) is 10.6. The molecular formula is C29H40N6O4. The van der Waals surface area contributed by atoms with E-state index < -0.39 is 6.03 Å². The molecule has 0 bridgehead atoms. The number of hydrogen-bond donors (Lipinski definition) is 4. The minimum absolute atomic E-state index is 0.122. The van der Waals surface area contributed by atoms with Crippen LogP contribution in [0.3, 0.4) is 0 Å². The first kappa shape index (κ1) is 29.5. The quantitative estimate of drug-likeness (QED) is 0.162. The molecule has 0 saturated heterocycles. The van der Waals surface area contributed by atoms with Gasteiger partial charge in [-0.3, -0.25) is 14.9 Å². The van der Waals surface area contributed by atoms with E-state index in [0.29, 0.717) is 36.8 Å². The highest BCUT2D eigenvalue weighted by Gasteiger charge is 2.20. The van der Waals surface area contributed by atoms with E-state index in [4.69, 9.17) is 4.42 Å². The summed E-state index contributed by atoms with van der Waals surface area (Å²) in [5.41, 5.74) is 1.87. The van der Waals surface area contributed by atoms with E-state index in [9.17, 15) is 14.4 Å². The average Bonchev–Trinajstić information content (AvgIpc) is 3.55. The number of aryl methyl sites for hydroxylation is 1. The highest BCUT2D eigenvalue weighted by Crippen LogP contribution is 2.22. The number of benzene rings is 1. The van der Waals surface area contributed by atoms with Crippen LogP contribution in [0.25, 0.3) is 0 Å². The number of urea groups is 1. The fourth-order valence-electron chi connectivity index (χ4n) is 4.09. The van der Waals surface area contributed by atoms with Gasteiger partial charge >= 0.3 is 6.03 Å². The van der Waals surface area contributed by atoms with Crippen molar-refractivity contribution in [1.82, 2.24) is 14.9 Å². The molecule has 10 nitrogen and oxygen atoms in total. The Morgan fingerprint density at radius 3 is 2.28 bits per heavy atom. The summed E-state index contributed by atoms with van der Waals surface area (Å²) in [4.78, 5) is 46.0. The van der Waals surface area contributed by atoms with E-state index in [0.717, 1.165) is 44.9 Å². The summed E-state index contributed by atoms with van der Waals surface area (Å²) in [6.45, 7) is 7.75. The van der Waals surface area contributed by atoms with Crippen molar-refractivity contribution in [2.75, 3.05) is 29.0 Å². The Labute approximate surface area is 230 Å². The van der Waals surface area contributed by atoms with Crippen LogP contribution in [-0.2, 0) is 17.6 Å². The molecule has 39 heavy (non-hydrogen) atoms. The van der Waals surface area contributed by atoms with Gasteiger partial charge in [0.25, 0.3) is 5.91 Å². The van der Waals surface area contributed by atoms with Gasteiger partial charge < -0.3 is 24.9 Å². The van der Waals surface area contributed by atoms with Gasteiger partial charge in [0.2, 0.25) is 6.41 Å². The lowest BCUT2D eigenvalue weighted by Gasteiger charge is -2.21. The maximum absolute atomic E-state index is 13.0. The molecule has 4 N–H and O–H groups in total. The molecule has 0 saturated carbocycles. The number of hydrogen-bond acceptors (Lipinski definition) is 5. The Balaban J connectivity index is 1.64. The molecule has 2 aromatic heterocycles. The van der Waals surface area contributed by atoms with Gasteiger partial charge in [-0.2, -0.15) is 0 Å². The molecule has 0 spiro atoms.